The minimum Gasteiger partial charge on any atom is -0.497 e. The van der Waals surface area contributed by atoms with Crippen LogP contribution in [0.15, 0.2) is 53.2 Å². The van der Waals surface area contributed by atoms with E-state index in [1.807, 2.05) is 24.3 Å². The van der Waals surface area contributed by atoms with E-state index < -0.39 is 0 Å². The maximum Gasteiger partial charge on any atom is 0.234 e. The number of H-pyrrole nitrogens is 1. The number of aromatic nitrogens is 2. The van der Waals surface area contributed by atoms with Crippen LogP contribution in [0.4, 0.5) is 0 Å². The van der Waals surface area contributed by atoms with Crippen molar-refractivity contribution in [3.8, 4) is 11.5 Å². The van der Waals surface area contributed by atoms with Gasteiger partial charge in [-0.2, -0.15) is 11.3 Å². The number of methoxy groups -OCH3 is 1. The summed E-state index contributed by atoms with van der Waals surface area (Å²) >= 11 is 1.66. The average molecular weight is 477 g/mol. The van der Waals surface area contributed by atoms with E-state index in [9.17, 15) is 4.79 Å². The monoisotopic (exact) mass is 476 g/mol. The number of benzene rings is 2. The van der Waals surface area contributed by atoms with Crippen LogP contribution in [-0.4, -0.2) is 47.5 Å². The molecule has 0 aliphatic carbocycles. The molecule has 4 aromatic rings. The maximum atomic E-state index is 12.8. The summed E-state index contributed by atoms with van der Waals surface area (Å²) in [4.78, 5) is 22.9. The molecule has 1 aliphatic heterocycles. The highest BCUT2D eigenvalue weighted by molar-refractivity contribution is 7.07. The van der Waals surface area contributed by atoms with Gasteiger partial charge in [-0.15, -0.1) is 0 Å². The molecule has 0 saturated heterocycles. The van der Waals surface area contributed by atoms with Crippen molar-refractivity contribution in [3.05, 3.63) is 75.7 Å². The van der Waals surface area contributed by atoms with E-state index in [4.69, 9.17) is 9.47 Å². The number of hydrogen-bond donors (Lipinski definition) is 2. The second-order valence-electron chi connectivity index (χ2n) is 8.61. The largest absolute Gasteiger partial charge is 0.497 e. The van der Waals surface area contributed by atoms with Gasteiger partial charge in [0.25, 0.3) is 0 Å². The fourth-order valence-electron chi connectivity index (χ4n) is 4.30. The van der Waals surface area contributed by atoms with Crippen molar-refractivity contribution in [3.63, 3.8) is 0 Å². The van der Waals surface area contributed by atoms with Crippen molar-refractivity contribution in [1.82, 2.24) is 20.2 Å². The second-order valence-corrected chi connectivity index (χ2v) is 9.39. The Morgan fingerprint density at radius 1 is 1.29 bits per heavy atom. The number of hydrogen-bond acceptors (Lipinski definition) is 6. The Morgan fingerprint density at radius 2 is 2.21 bits per heavy atom. The molecule has 7 nitrogen and oxygen atoms in total. The van der Waals surface area contributed by atoms with Crippen LogP contribution in [0, 0.1) is 6.92 Å². The summed E-state index contributed by atoms with van der Waals surface area (Å²) in [6, 6.07) is 14.1. The molecule has 1 aliphatic rings. The number of carbonyl (C=O) groups excluding carboxylic acids is 1. The molecule has 0 fully saturated rings. The molecule has 0 bridgehead atoms. The van der Waals surface area contributed by atoms with Crippen molar-refractivity contribution in [2.75, 3.05) is 26.7 Å². The lowest BCUT2D eigenvalue weighted by atomic mass is 10.1. The van der Waals surface area contributed by atoms with Crippen molar-refractivity contribution in [2.24, 2.45) is 0 Å². The Balaban J connectivity index is 1.21. The molecule has 8 heteroatoms. The Bertz CT molecular complexity index is 1280. The number of aromatic amines is 1. The fourth-order valence-corrected chi connectivity index (χ4v) is 5.00. The van der Waals surface area contributed by atoms with E-state index in [0.29, 0.717) is 32.6 Å². The van der Waals surface area contributed by atoms with Gasteiger partial charge in [-0.25, -0.2) is 4.98 Å². The minimum absolute atomic E-state index is 0.00190. The molecular formula is C26H28N4O3S. The average Bonchev–Trinajstić information content (AvgIpc) is 3.46. The minimum atomic E-state index is -0.101. The lowest BCUT2D eigenvalue weighted by Gasteiger charge is -2.23. The van der Waals surface area contributed by atoms with Gasteiger partial charge in [0.15, 0.2) is 0 Å². The lowest BCUT2D eigenvalue weighted by molar-refractivity contribution is -0.122. The zero-order valence-corrected chi connectivity index (χ0v) is 20.2. The first kappa shape index (κ1) is 22.4. The number of nitrogens with zero attached hydrogens (tertiary/aromatic N) is 2. The fraction of sp³-hybridized carbons (Fsp3) is 0.308. The predicted molar refractivity (Wildman–Crippen MR) is 134 cm³/mol. The number of amides is 1. The van der Waals surface area contributed by atoms with E-state index >= 15 is 0 Å². The highest BCUT2D eigenvalue weighted by Gasteiger charge is 2.26. The maximum absolute atomic E-state index is 12.8. The molecule has 2 aromatic carbocycles. The lowest BCUT2D eigenvalue weighted by Crippen LogP contribution is -2.39. The highest BCUT2D eigenvalue weighted by atomic mass is 32.1. The van der Waals surface area contributed by atoms with Gasteiger partial charge in [0.05, 0.1) is 24.7 Å². The molecule has 1 amide bonds. The Hall–Kier alpha value is -3.36. The summed E-state index contributed by atoms with van der Waals surface area (Å²) in [5.41, 5.74) is 5.26. The van der Waals surface area contributed by atoms with E-state index in [-0.39, 0.29) is 12.0 Å². The normalized spacial score (nSPS) is 16.0. The number of rotatable bonds is 7. The topological polar surface area (TPSA) is 79.5 Å². The van der Waals surface area contributed by atoms with Gasteiger partial charge in [0.2, 0.25) is 5.91 Å². The number of thiophene rings is 1. The van der Waals surface area contributed by atoms with Gasteiger partial charge in [-0.3, -0.25) is 9.69 Å². The highest BCUT2D eigenvalue weighted by Crippen LogP contribution is 2.32. The van der Waals surface area contributed by atoms with Crippen LogP contribution in [0.5, 0.6) is 11.5 Å². The number of ether oxygens (including phenoxy) is 2. The van der Waals surface area contributed by atoms with E-state index in [2.05, 4.69) is 56.1 Å². The SMILES string of the molecule is COc1ccc2nc(CCNC(=O)CN3Cc4cc(C)ccc4OC(c4ccsc4)C3)[nH]c2c1. The molecule has 0 spiro atoms. The molecule has 0 saturated carbocycles. The second kappa shape index (κ2) is 9.87. The van der Waals surface area contributed by atoms with E-state index in [0.717, 1.165) is 39.5 Å². The molecular weight excluding hydrogens is 448 g/mol. The predicted octanol–water partition coefficient (Wildman–Crippen LogP) is 4.24. The summed E-state index contributed by atoms with van der Waals surface area (Å²) in [6.07, 6.45) is 0.529. The van der Waals surface area contributed by atoms with E-state index in [1.54, 1.807) is 18.4 Å². The van der Waals surface area contributed by atoms with Crippen LogP contribution >= 0.6 is 11.3 Å². The van der Waals surface area contributed by atoms with Crippen LogP contribution in [0.3, 0.4) is 0 Å². The first-order valence-corrected chi connectivity index (χ1v) is 12.3. The van der Waals surface area contributed by atoms with Gasteiger partial charge >= 0.3 is 0 Å². The molecule has 0 radical (unpaired) electrons. The quantitative estimate of drug-likeness (QED) is 0.417. The smallest absolute Gasteiger partial charge is 0.234 e. The van der Waals surface area contributed by atoms with Crippen molar-refractivity contribution < 1.29 is 14.3 Å². The summed E-state index contributed by atoms with van der Waals surface area (Å²) < 4.78 is 11.6. The van der Waals surface area contributed by atoms with Gasteiger partial charge in [0.1, 0.15) is 23.4 Å². The molecule has 34 heavy (non-hydrogen) atoms. The first-order valence-electron chi connectivity index (χ1n) is 11.4. The molecule has 2 N–H and O–H groups in total. The summed E-state index contributed by atoms with van der Waals surface area (Å²) in [6.45, 7) is 4.24. The summed E-state index contributed by atoms with van der Waals surface area (Å²) in [5, 5.41) is 7.22. The third kappa shape index (κ3) is 5.08. The van der Waals surface area contributed by atoms with Crippen molar-refractivity contribution >= 4 is 28.3 Å². The molecule has 2 aromatic heterocycles. The molecule has 3 heterocycles. The standard InChI is InChI=1S/C26H28N4O3S/c1-17-3-6-23-19(11-17)13-30(14-24(33-23)18-8-10-34-16-18)15-26(31)27-9-7-25-28-21-5-4-20(32-2)12-22(21)29-25/h3-6,8,10-12,16,24H,7,9,13-15H2,1-2H3,(H,27,31)(H,28,29). The number of fused-ring (bicyclic) bond motifs is 2. The van der Waals surface area contributed by atoms with Crippen molar-refractivity contribution in [2.45, 2.75) is 26.0 Å². The zero-order chi connectivity index (χ0) is 23.5. The number of carbonyl (C=O) groups is 1. The third-order valence-electron chi connectivity index (χ3n) is 6.01. The Morgan fingerprint density at radius 3 is 3.03 bits per heavy atom. The Kier molecular flexibility index (Phi) is 6.51. The molecule has 1 atom stereocenters. The van der Waals surface area contributed by atoms with Crippen LogP contribution in [0.2, 0.25) is 0 Å². The zero-order valence-electron chi connectivity index (χ0n) is 19.3. The van der Waals surface area contributed by atoms with Gasteiger partial charge < -0.3 is 19.8 Å². The molecule has 1 unspecified atom stereocenters. The number of nitrogens with one attached hydrogen (secondary N) is 2. The van der Waals surface area contributed by atoms with Crippen LogP contribution in [-0.2, 0) is 17.8 Å². The van der Waals surface area contributed by atoms with Crippen LogP contribution in [0.25, 0.3) is 11.0 Å². The number of imidazole rings is 1. The van der Waals surface area contributed by atoms with Crippen molar-refractivity contribution in [1.29, 1.82) is 0 Å². The van der Waals surface area contributed by atoms with Crippen LogP contribution < -0.4 is 14.8 Å². The third-order valence-corrected chi connectivity index (χ3v) is 6.71. The van der Waals surface area contributed by atoms with Gasteiger partial charge in [0, 0.05) is 43.2 Å². The summed E-state index contributed by atoms with van der Waals surface area (Å²) in [7, 11) is 1.65. The molecule has 5 rings (SSSR count). The van der Waals surface area contributed by atoms with Crippen LogP contribution in [0.1, 0.15) is 28.6 Å². The number of aryl methyl sites for hydroxylation is 1. The van der Waals surface area contributed by atoms with Gasteiger partial charge in [-0.1, -0.05) is 17.7 Å². The summed E-state index contributed by atoms with van der Waals surface area (Å²) in [5.74, 6) is 2.52. The van der Waals surface area contributed by atoms with Gasteiger partial charge in [-0.05, 0) is 41.9 Å². The van der Waals surface area contributed by atoms with E-state index in [1.165, 1.54) is 5.56 Å². The first-order chi connectivity index (χ1) is 16.6. The molecule has 176 valence electrons. The Labute approximate surface area is 202 Å².